The van der Waals surface area contributed by atoms with Crippen LogP contribution in [0.3, 0.4) is 0 Å². The van der Waals surface area contributed by atoms with Crippen LogP contribution in [-0.2, 0) is 9.59 Å². The van der Waals surface area contributed by atoms with Crippen molar-refractivity contribution in [3.8, 4) is 0 Å². The van der Waals surface area contributed by atoms with Gasteiger partial charge in [-0.2, -0.15) is 0 Å². The molecular weight excluding hydrogens is 273 g/mol. The van der Waals surface area contributed by atoms with Gasteiger partial charge in [0.2, 0.25) is 5.91 Å². The Balaban J connectivity index is 2.04. The molecule has 2 rings (SSSR count). The van der Waals surface area contributed by atoms with Crippen LogP contribution >= 0.6 is 0 Å². The number of nitrogens with one attached hydrogen (secondary N) is 1. The average Bonchev–Trinajstić information content (AvgIpc) is 2.91. The maximum Gasteiger partial charge on any atom is 0.307 e. The van der Waals surface area contributed by atoms with Gasteiger partial charge in [0.1, 0.15) is 5.82 Å². The molecule has 0 aromatic heterocycles. The SMILES string of the molecule is Cc1ccc(C(C)NC(=O)C2CCCC2C(=O)O)cc1F. The van der Waals surface area contributed by atoms with Crippen molar-refractivity contribution in [1.82, 2.24) is 5.32 Å². The molecule has 0 heterocycles. The summed E-state index contributed by atoms with van der Waals surface area (Å²) in [6.45, 7) is 3.45. The van der Waals surface area contributed by atoms with Crippen LogP contribution in [-0.4, -0.2) is 17.0 Å². The van der Waals surface area contributed by atoms with Gasteiger partial charge >= 0.3 is 5.97 Å². The lowest BCUT2D eigenvalue weighted by Gasteiger charge is -2.20. The molecule has 3 unspecified atom stereocenters. The number of hydrogen-bond donors (Lipinski definition) is 2. The highest BCUT2D eigenvalue weighted by molar-refractivity contribution is 5.85. The highest BCUT2D eigenvalue weighted by Crippen LogP contribution is 2.32. The van der Waals surface area contributed by atoms with E-state index in [-0.39, 0.29) is 17.8 Å². The Morgan fingerprint density at radius 2 is 2.00 bits per heavy atom. The van der Waals surface area contributed by atoms with Crippen molar-refractivity contribution in [2.45, 2.75) is 39.2 Å². The van der Waals surface area contributed by atoms with E-state index in [0.717, 1.165) is 6.42 Å². The molecule has 114 valence electrons. The van der Waals surface area contributed by atoms with Crippen LogP contribution in [0, 0.1) is 24.6 Å². The minimum absolute atomic E-state index is 0.256. The molecule has 4 nitrogen and oxygen atoms in total. The zero-order chi connectivity index (χ0) is 15.6. The summed E-state index contributed by atoms with van der Waals surface area (Å²) in [4.78, 5) is 23.4. The molecule has 0 spiro atoms. The Morgan fingerprint density at radius 3 is 2.62 bits per heavy atom. The van der Waals surface area contributed by atoms with Crippen molar-refractivity contribution in [1.29, 1.82) is 0 Å². The van der Waals surface area contributed by atoms with E-state index in [1.807, 2.05) is 0 Å². The number of aryl methyl sites for hydroxylation is 1. The summed E-state index contributed by atoms with van der Waals surface area (Å²) >= 11 is 0. The molecule has 1 fully saturated rings. The lowest BCUT2D eigenvalue weighted by molar-refractivity contribution is -0.146. The fourth-order valence-electron chi connectivity index (χ4n) is 2.85. The van der Waals surface area contributed by atoms with E-state index in [1.54, 1.807) is 26.0 Å². The van der Waals surface area contributed by atoms with Gasteiger partial charge in [0, 0.05) is 0 Å². The Bertz CT molecular complexity index is 558. The highest BCUT2D eigenvalue weighted by atomic mass is 19.1. The number of carbonyl (C=O) groups excluding carboxylic acids is 1. The second-order valence-corrected chi connectivity index (χ2v) is 5.72. The number of carboxylic acids is 1. The third kappa shape index (κ3) is 3.40. The van der Waals surface area contributed by atoms with Crippen LogP contribution < -0.4 is 5.32 Å². The van der Waals surface area contributed by atoms with Crippen molar-refractivity contribution in [2.75, 3.05) is 0 Å². The van der Waals surface area contributed by atoms with Gasteiger partial charge in [-0.15, -0.1) is 0 Å². The minimum atomic E-state index is -0.915. The van der Waals surface area contributed by atoms with Gasteiger partial charge in [0.05, 0.1) is 17.9 Å². The summed E-state index contributed by atoms with van der Waals surface area (Å²) in [7, 11) is 0. The summed E-state index contributed by atoms with van der Waals surface area (Å²) in [5, 5.41) is 11.9. The third-order valence-corrected chi connectivity index (χ3v) is 4.22. The van der Waals surface area contributed by atoms with Crippen LogP contribution in [0.5, 0.6) is 0 Å². The summed E-state index contributed by atoms with van der Waals surface area (Å²) in [6.07, 6.45) is 1.89. The van der Waals surface area contributed by atoms with Crippen LogP contribution in [0.15, 0.2) is 18.2 Å². The first-order valence-electron chi connectivity index (χ1n) is 7.19. The average molecular weight is 293 g/mol. The molecule has 3 atom stereocenters. The van der Waals surface area contributed by atoms with Crippen molar-refractivity contribution in [3.63, 3.8) is 0 Å². The Kier molecular flexibility index (Phi) is 4.60. The van der Waals surface area contributed by atoms with Gasteiger partial charge < -0.3 is 10.4 Å². The fourth-order valence-corrected chi connectivity index (χ4v) is 2.85. The molecular formula is C16H20FNO3. The Morgan fingerprint density at radius 1 is 1.33 bits per heavy atom. The van der Waals surface area contributed by atoms with Crippen molar-refractivity contribution < 1.29 is 19.1 Å². The largest absolute Gasteiger partial charge is 0.481 e. The molecule has 1 amide bonds. The topological polar surface area (TPSA) is 66.4 Å². The van der Waals surface area contributed by atoms with Gasteiger partial charge in [-0.3, -0.25) is 9.59 Å². The van der Waals surface area contributed by atoms with E-state index >= 15 is 0 Å². The number of amides is 1. The second-order valence-electron chi connectivity index (χ2n) is 5.72. The number of aliphatic carboxylic acids is 1. The first-order valence-corrected chi connectivity index (χ1v) is 7.19. The van der Waals surface area contributed by atoms with Crippen molar-refractivity contribution >= 4 is 11.9 Å². The summed E-state index contributed by atoms with van der Waals surface area (Å²) in [5.41, 5.74) is 1.23. The van der Waals surface area contributed by atoms with E-state index in [0.29, 0.717) is 24.0 Å². The van der Waals surface area contributed by atoms with Crippen LogP contribution in [0.2, 0.25) is 0 Å². The standard InChI is InChI=1S/C16H20FNO3/c1-9-6-7-11(8-14(9)17)10(2)18-15(19)12-4-3-5-13(12)16(20)21/h6-8,10,12-13H,3-5H2,1-2H3,(H,18,19)(H,20,21). The van der Waals surface area contributed by atoms with Gasteiger partial charge in [-0.05, 0) is 43.9 Å². The molecule has 1 aromatic carbocycles. The quantitative estimate of drug-likeness (QED) is 0.897. The first kappa shape index (κ1) is 15.5. The predicted molar refractivity (Wildman–Crippen MR) is 76.2 cm³/mol. The zero-order valence-electron chi connectivity index (χ0n) is 12.2. The summed E-state index contributed by atoms with van der Waals surface area (Å²) in [6, 6.07) is 4.50. The number of hydrogen-bond acceptors (Lipinski definition) is 2. The van der Waals surface area contributed by atoms with Crippen LogP contribution in [0.25, 0.3) is 0 Å². The predicted octanol–water partition coefficient (Wildman–Crippen LogP) is 2.81. The number of carboxylic acid groups (broad SMARTS) is 1. The number of halogens is 1. The molecule has 2 N–H and O–H groups in total. The summed E-state index contributed by atoms with van der Waals surface area (Å²) in [5.74, 6) is -2.57. The Labute approximate surface area is 123 Å². The number of benzene rings is 1. The van der Waals surface area contributed by atoms with Crippen molar-refractivity contribution in [2.24, 2.45) is 11.8 Å². The van der Waals surface area contributed by atoms with Gasteiger partial charge in [-0.1, -0.05) is 18.6 Å². The number of rotatable bonds is 4. The monoisotopic (exact) mass is 293 g/mol. The maximum atomic E-state index is 13.6. The van der Waals surface area contributed by atoms with Crippen LogP contribution in [0.4, 0.5) is 4.39 Å². The van der Waals surface area contributed by atoms with E-state index in [9.17, 15) is 14.0 Å². The fraction of sp³-hybridized carbons (Fsp3) is 0.500. The van der Waals surface area contributed by atoms with Gasteiger partial charge in [0.25, 0.3) is 0 Å². The first-order chi connectivity index (χ1) is 9.90. The summed E-state index contributed by atoms with van der Waals surface area (Å²) < 4.78 is 13.6. The number of carbonyl (C=O) groups is 2. The molecule has 1 aromatic rings. The van der Waals surface area contributed by atoms with E-state index in [1.165, 1.54) is 6.07 Å². The van der Waals surface area contributed by atoms with Crippen molar-refractivity contribution in [3.05, 3.63) is 35.1 Å². The van der Waals surface area contributed by atoms with Gasteiger partial charge in [0.15, 0.2) is 0 Å². The molecule has 1 aliphatic rings. The molecule has 1 aliphatic carbocycles. The molecule has 0 bridgehead atoms. The molecule has 0 aliphatic heterocycles. The maximum absolute atomic E-state index is 13.6. The van der Waals surface area contributed by atoms with E-state index < -0.39 is 17.8 Å². The smallest absolute Gasteiger partial charge is 0.307 e. The molecule has 0 saturated heterocycles. The molecule has 21 heavy (non-hydrogen) atoms. The third-order valence-electron chi connectivity index (χ3n) is 4.22. The molecule has 1 saturated carbocycles. The lowest BCUT2D eigenvalue weighted by Crippen LogP contribution is -2.36. The molecule has 0 radical (unpaired) electrons. The highest BCUT2D eigenvalue weighted by Gasteiger charge is 2.38. The molecule has 5 heteroatoms. The normalized spacial score (nSPS) is 22.8. The van der Waals surface area contributed by atoms with E-state index in [2.05, 4.69) is 5.32 Å². The van der Waals surface area contributed by atoms with E-state index in [4.69, 9.17) is 5.11 Å². The minimum Gasteiger partial charge on any atom is -0.481 e. The Hall–Kier alpha value is -1.91. The van der Waals surface area contributed by atoms with Crippen LogP contribution in [0.1, 0.15) is 43.4 Å². The van der Waals surface area contributed by atoms with Gasteiger partial charge in [-0.25, -0.2) is 4.39 Å². The second kappa shape index (κ2) is 6.24. The zero-order valence-corrected chi connectivity index (χ0v) is 12.2. The lowest BCUT2D eigenvalue weighted by atomic mass is 9.94.